The van der Waals surface area contributed by atoms with Gasteiger partial charge in [-0.25, -0.2) is 12.1 Å². The molecule has 0 N–H and O–H groups in total. The molecule has 4 nitrogen and oxygen atoms in total. The number of methoxy groups -OCH3 is 1. The molecule has 0 fully saturated rings. The third-order valence-corrected chi connectivity index (χ3v) is 8.81. The standard InChI is InChI=1S/C14H19O4SSi.Y/c1-11(20(3,4)14-6-5-9-19-14)7-8-18-13(16)10-12(15)17-2;/h5-7,9H,1,8,10H2,2-4H3;/q-1;/b11-7+;. The summed E-state index contributed by atoms with van der Waals surface area (Å²) in [4.78, 5) is 22.2. The van der Waals surface area contributed by atoms with E-state index >= 15 is 0 Å². The molecule has 0 spiro atoms. The molecule has 0 aliphatic rings. The Morgan fingerprint density at radius 1 is 1.38 bits per heavy atom. The van der Waals surface area contributed by atoms with Crippen molar-refractivity contribution in [3.63, 3.8) is 0 Å². The number of ether oxygens (including phenoxy) is 2. The molecule has 1 radical (unpaired) electrons. The Morgan fingerprint density at radius 2 is 2.05 bits per heavy atom. The van der Waals surface area contributed by atoms with Crippen LogP contribution in [0.1, 0.15) is 6.42 Å². The second kappa shape index (κ2) is 9.56. The predicted molar refractivity (Wildman–Crippen MR) is 82.5 cm³/mol. The van der Waals surface area contributed by atoms with E-state index in [1.165, 1.54) is 11.6 Å². The number of esters is 2. The molecule has 113 valence electrons. The average molecular weight is 400 g/mol. The maximum Gasteiger partial charge on any atom is 0.316 e. The van der Waals surface area contributed by atoms with Gasteiger partial charge in [-0.15, -0.1) is 0 Å². The molecule has 0 atom stereocenters. The number of allylic oxidation sites excluding steroid dienone is 1. The molecule has 0 aromatic carbocycles. The van der Waals surface area contributed by atoms with Crippen LogP contribution in [0.4, 0.5) is 0 Å². The Morgan fingerprint density at radius 3 is 2.57 bits per heavy atom. The van der Waals surface area contributed by atoms with Crippen molar-refractivity contribution in [3.05, 3.63) is 35.7 Å². The summed E-state index contributed by atoms with van der Waals surface area (Å²) in [6.07, 6.45) is 1.46. The van der Waals surface area contributed by atoms with Crippen LogP contribution >= 0.6 is 11.3 Å². The summed E-state index contributed by atoms with van der Waals surface area (Å²) in [5, 5.41) is 3.05. The van der Waals surface area contributed by atoms with Gasteiger partial charge in [0, 0.05) is 39.3 Å². The Balaban J connectivity index is 0.00000400. The van der Waals surface area contributed by atoms with Crippen molar-refractivity contribution in [3.8, 4) is 0 Å². The Kier molecular flexibility index (Phi) is 9.36. The third kappa shape index (κ3) is 6.47. The molecule has 0 aliphatic heterocycles. The number of rotatable bonds is 6. The molecule has 0 amide bonds. The molecule has 1 aromatic rings. The minimum atomic E-state index is -1.76. The SMILES string of the molecule is [CH2-]/C(=C\COC(=O)CC(=O)OC)[Si](C)(C)c1cccs1.[Y]. The van der Waals surface area contributed by atoms with Crippen LogP contribution in [0, 0.1) is 6.92 Å². The first-order valence-corrected chi connectivity index (χ1v) is 10.0. The maximum absolute atomic E-state index is 11.3. The van der Waals surface area contributed by atoms with Crippen molar-refractivity contribution in [2.75, 3.05) is 13.7 Å². The van der Waals surface area contributed by atoms with E-state index < -0.39 is 20.0 Å². The van der Waals surface area contributed by atoms with Crippen LogP contribution < -0.4 is 4.50 Å². The number of hydrogen-bond acceptors (Lipinski definition) is 5. The predicted octanol–water partition coefficient (Wildman–Crippen LogP) is 2.07. The monoisotopic (exact) mass is 400 g/mol. The molecule has 0 saturated heterocycles. The Labute approximate surface area is 155 Å². The molecule has 21 heavy (non-hydrogen) atoms. The topological polar surface area (TPSA) is 52.6 Å². The van der Waals surface area contributed by atoms with E-state index in [0.717, 1.165) is 5.20 Å². The van der Waals surface area contributed by atoms with Gasteiger partial charge in [0.2, 0.25) is 0 Å². The van der Waals surface area contributed by atoms with Gasteiger partial charge in [0.1, 0.15) is 6.42 Å². The van der Waals surface area contributed by atoms with E-state index in [1.807, 2.05) is 17.5 Å². The van der Waals surface area contributed by atoms with E-state index in [-0.39, 0.29) is 45.7 Å². The fourth-order valence-corrected chi connectivity index (χ4v) is 5.18. The van der Waals surface area contributed by atoms with Gasteiger partial charge >= 0.3 is 11.9 Å². The van der Waals surface area contributed by atoms with Gasteiger partial charge in [-0.05, 0) is 9.88 Å². The summed E-state index contributed by atoms with van der Waals surface area (Å²) in [5.41, 5.74) is 0. The molecule has 7 heteroatoms. The number of carbonyl (C=O) groups excluding carboxylic acids is 2. The van der Waals surface area contributed by atoms with Gasteiger partial charge in [-0.3, -0.25) is 9.59 Å². The van der Waals surface area contributed by atoms with E-state index in [2.05, 4.69) is 30.8 Å². The van der Waals surface area contributed by atoms with Gasteiger partial charge in [-0.1, -0.05) is 25.2 Å². The van der Waals surface area contributed by atoms with Crippen molar-refractivity contribution >= 4 is 35.8 Å². The zero-order valence-corrected chi connectivity index (χ0v) is 17.2. The van der Waals surface area contributed by atoms with Gasteiger partial charge < -0.3 is 9.47 Å². The summed E-state index contributed by atoms with van der Waals surface area (Å²) in [7, 11) is -0.521. The third-order valence-electron chi connectivity index (χ3n) is 3.03. The molecular weight excluding hydrogens is 381 g/mol. The summed E-state index contributed by atoms with van der Waals surface area (Å²) in [5.74, 6) is -1.18. The van der Waals surface area contributed by atoms with Crippen molar-refractivity contribution in [1.82, 2.24) is 0 Å². The normalized spacial score (nSPS) is 11.5. The van der Waals surface area contributed by atoms with Crippen LogP contribution in [-0.2, 0) is 51.8 Å². The number of carbonyl (C=O) groups is 2. The second-order valence-electron chi connectivity index (χ2n) is 4.77. The van der Waals surface area contributed by atoms with Crippen molar-refractivity contribution in [2.45, 2.75) is 19.5 Å². The van der Waals surface area contributed by atoms with E-state index in [4.69, 9.17) is 4.74 Å². The van der Waals surface area contributed by atoms with Crippen molar-refractivity contribution in [1.29, 1.82) is 0 Å². The summed E-state index contributed by atoms with van der Waals surface area (Å²) in [6, 6.07) is 4.14. The van der Waals surface area contributed by atoms with E-state index in [1.54, 1.807) is 11.3 Å². The first-order chi connectivity index (χ1) is 9.37. The smallest absolute Gasteiger partial charge is 0.316 e. The molecule has 0 bridgehead atoms. The Bertz CT molecular complexity index is 497. The molecule has 0 saturated carbocycles. The molecule has 0 aliphatic carbocycles. The maximum atomic E-state index is 11.3. The fourth-order valence-electron chi connectivity index (χ4n) is 1.52. The zero-order valence-electron chi connectivity index (χ0n) is 12.5. The molecule has 1 heterocycles. The van der Waals surface area contributed by atoms with Crippen molar-refractivity contribution in [2.24, 2.45) is 0 Å². The first-order valence-electron chi connectivity index (χ1n) is 6.17. The molecular formula is C14H19O4SSiY-. The second-order valence-corrected chi connectivity index (χ2v) is 10.5. The largest absolute Gasteiger partial charge is 0.480 e. The first kappa shape index (κ1) is 20.6. The molecule has 0 unspecified atom stereocenters. The van der Waals surface area contributed by atoms with Crippen LogP contribution in [-0.4, -0.2) is 33.7 Å². The molecule has 1 rings (SSSR count). The van der Waals surface area contributed by atoms with E-state index in [0.29, 0.717) is 0 Å². The Hall–Kier alpha value is -0.429. The van der Waals surface area contributed by atoms with Crippen LogP contribution in [0.15, 0.2) is 28.8 Å². The van der Waals surface area contributed by atoms with Gasteiger partial charge in [0.05, 0.1) is 15.2 Å². The number of thiophene rings is 1. The quantitative estimate of drug-likeness (QED) is 0.318. The summed E-state index contributed by atoms with van der Waals surface area (Å²) in [6.45, 7) is 8.63. The fraction of sp³-hybridized carbons (Fsp3) is 0.357. The van der Waals surface area contributed by atoms with Crippen LogP contribution in [0.2, 0.25) is 13.1 Å². The van der Waals surface area contributed by atoms with Crippen LogP contribution in [0.3, 0.4) is 0 Å². The summed E-state index contributed by atoms with van der Waals surface area (Å²) >= 11 is 1.72. The van der Waals surface area contributed by atoms with Gasteiger partial charge in [0.15, 0.2) is 0 Å². The minimum Gasteiger partial charge on any atom is -0.480 e. The zero-order chi connectivity index (χ0) is 15.2. The van der Waals surface area contributed by atoms with Crippen molar-refractivity contribution < 1.29 is 51.8 Å². The summed E-state index contributed by atoms with van der Waals surface area (Å²) < 4.78 is 10.7. The molecule has 1 aromatic heterocycles. The van der Waals surface area contributed by atoms with Crippen LogP contribution in [0.25, 0.3) is 0 Å². The minimum absolute atomic E-state index is 0. The average Bonchev–Trinajstić information content (AvgIpc) is 2.92. The van der Waals surface area contributed by atoms with Gasteiger partial charge in [0.25, 0.3) is 0 Å². The van der Waals surface area contributed by atoms with E-state index in [9.17, 15) is 9.59 Å². The van der Waals surface area contributed by atoms with Crippen LogP contribution in [0.5, 0.6) is 0 Å². The number of hydrogen-bond donors (Lipinski definition) is 0. The van der Waals surface area contributed by atoms with Gasteiger partial charge in [-0.2, -0.15) is 17.4 Å².